The van der Waals surface area contributed by atoms with Crippen LogP contribution in [0.4, 0.5) is 16.0 Å². The zero-order valence-electron chi connectivity index (χ0n) is 11.1. The van der Waals surface area contributed by atoms with Crippen molar-refractivity contribution in [3.8, 4) is 11.6 Å². The Labute approximate surface area is 127 Å². The van der Waals surface area contributed by atoms with Crippen molar-refractivity contribution in [2.75, 3.05) is 12.4 Å². The smallest absolute Gasteiger partial charge is 0.312 e. The first kappa shape index (κ1) is 15.1. The van der Waals surface area contributed by atoms with E-state index in [1.807, 2.05) is 0 Å². The molecule has 0 unspecified atom stereocenters. The topological polar surface area (TPSA) is 90.2 Å². The van der Waals surface area contributed by atoms with Crippen LogP contribution < -0.4 is 10.1 Å². The Morgan fingerprint density at radius 3 is 2.81 bits per heavy atom. The molecule has 1 N–H and O–H groups in total. The minimum Gasteiger partial charge on any atom is -0.431 e. The Morgan fingerprint density at radius 1 is 1.48 bits per heavy atom. The molecule has 0 aliphatic heterocycles. The summed E-state index contributed by atoms with van der Waals surface area (Å²) in [5.74, 6) is -0.504. The summed E-state index contributed by atoms with van der Waals surface area (Å²) < 4.78 is 18.9. The molecular weight excluding hydrogens is 347 g/mol. The van der Waals surface area contributed by atoms with Crippen LogP contribution in [0.2, 0.25) is 0 Å². The first-order chi connectivity index (χ1) is 9.92. The molecule has 1 heterocycles. The Bertz CT molecular complexity index is 711. The lowest BCUT2D eigenvalue weighted by atomic mass is 10.3. The highest BCUT2D eigenvalue weighted by Crippen LogP contribution is 2.35. The van der Waals surface area contributed by atoms with Crippen molar-refractivity contribution in [3.05, 3.63) is 44.3 Å². The summed E-state index contributed by atoms with van der Waals surface area (Å²) in [5, 5.41) is 13.7. The lowest BCUT2D eigenvalue weighted by molar-refractivity contribution is -0.385. The molecule has 1 aromatic carbocycles. The van der Waals surface area contributed by atoms with Crippen LogP contribution in [0, 0.1) is 22.9 Å². The first-order valence-electron chi connectivity index (χ1n) is 5.75. The maximum atomic E-state index is 13.6. The molecule has 0 amide bonds. The summed E-state index contributed by atoms with van der Waals surface area (Å²) in [4.78, 5) is 18.4. The Balaban J connectivity index is 2.48. The lowest BCUT2D eigenvalue weighted by Gasteiger charge is -2.09. The highest BCUT2D eigenvalue weighted by Gasteiger charge is 2.21. The van der Waals surface area contributed by atoms with Gasteiger partial charge in [0.15, 0.2) is 0 Å². The summed E-state index contributed by atoms with van der Waals surface area (Å²) >= 11 is 2.90. The average Bonchev–Trinajstić information content (AvgIpc) is 2.44. The summed E-state index contributed by atoms with van der Waals surface area (Å²) in [6, 6.07) is 1.98. The van der Waals surface area contributed by atoms with Gasteiger partial charge >= 0.3 is 5.69 Å². The number of aromatic nitrogens is 2. The molecule has 1 aromatic heterocycles. The van der Waals surface area contributed by atoms with Crippen LogP contribution in [0.15, 0.2) is 22.8 Å². The van der Waals surface area contributed by atoms with Gasteiger partial charge in [-0.2, -0.15) is 4.98 Å². The van der Waals surface area contributed by atoms with Gasteiger partial charge in [0.1, 0.15) is 5.82 Å². The SMILES string of the molecule is CNc1ncc(C)c(Oc2cc(F)c(Br)cc2[N+](=O)[O-])n1. The van der Waals surface area contributed by atoms with Gasteiger partial charge in [-0.15, -0.1) is 0 Å². The number of hydrogen-bond acceptors (Lipinski definition) is 6. The summed E-state index contributed by atoms with van der Waals surface area (Å²) in [5.41, 5.74) is 0.193. The number of anilines is 1. The van der Waals surface area contributed by atoms with Crippen molar-refractivity contribution < 1.29 is 14.1 Å². The van der Waals surface area contributed by atoms with Crippen molar-refractivity contribution in [2.24, 2.45) is 0 Å². The van der Waals surface area contributed by atoms with E-state index in [4.69, 9.17) is 4.74 Å². The molecule has 2 rings (SSSR count). The zero-order valence-corrected chi connectivity index (χ0v) is 12.6. The largest absolute Gasteiger partial charge is 0.431 e. The van der Waals surface area contributed by atoms with Gasteiger partial charge < -0.3 is 10.1 Å². The van der Waals surface area contributed by atoms with Crippen LogP contribution >= 0.6 is 15.9 Å². The highest BCUT2D eigenvalue weighted by atomic mass is 79.9. The fourth-order valence-electron chi connectivity index (χ4n) is 1.50. The van der Waals surface area contributed by atoms with Gasteiger partial charge in [-0.3, -0.25) is 10.1 Å². The molecule has 7 nitrogen and oxygen atoms in total. The third kappa shape index (κ3) is 3.24. The second-order valence-corrected chi connectivity index (χ2v) is 4.88. The van der Waals surface area contributed by atoms with Crippen LogP contribution in [0.3, 0.4) is 0 Å². The van der Waals surface area contributed by atoms with Gasteiger partial charge in [-0.05, 0) is 22.9 Å². The number of nitrogens with zero attached hydrogens (tertiary/aromatic N) is 3. The van der Waals surface area contributed by atoms with E-state index in [1.54, 1.807) is 14.0 Å². The minimum absolute atomic E-state index is 0.0168. The molecule has 0 saturated heterocycles. The van der Waals surface area contributed by atoms with Crippen molar-refractivity contribution in [1.82, 2.24) is 9.97 Å². The monoisotopic (exact) mass is 356 g/mol. The van der Waals surface area contributed by atoms with E-state index in [9.17, 15) is 14.5 Å². The Morgan fingerprint density at radius 2 is 2.19 bits per heavy atom. The first-order valence-corrected chi connectivity index (χ1v) is 6.54. The maximum Gasteiger partial charge on any atom is 0.312 e. The molecule has 110 valence electrons. The summed E-state index contributed by atoms with van der Waals surface area (Å²) in [6.07, 6.45) is 1.50. The minimum atomic E-state index is -0.670. The van der Waals surface area contributed by atoms with Gasteiger partial charge in [0.05, 0.1) is 9.40 Å². The van der Waals surface area contributed by atoms with Gasteiger partial charge in [0, 0.05) is 30.9 Å². The molecule has 2 aromatic rings. The van der Waals surface area contributed by atoms with Gasteiger partial charge in [-0.1, -0.05) is 0 Å². The predicted octanol–water partition coefficient (Wildman–Crippen LogP) is 3.43. The number of ether oxygens (including phenoxy) is 1. The van der Waals surface area contributed by atoms with Crippen LogP contribution in [0.25, 0.3) is 0 Å². The molecule has 0 bridgehead atoms. The zero-order chi connectivity index (χ0) is 15.6. The molecule has 0 spiro atoms. The second-order valence-electron chi connectivity index (χ2n) is 4.02. The van der Waals surface area contributed by atoms with Crippen molar-refractivity contribution in [2.45, 2.75) is 6.92 Å². The number of nitrogens with one attached hydrogen (secondary N) is 1. The average molecular weight is 357 g/mol. The lowest BCUT2D eigenvalue weighted by Crippen LogP contribution is -2.01. The van der Waals surface area contributed by atoms with Crippen LogP contribution in [0.1, 0.15) is 5.56 Å². The Hall–Kier alpha value is -2.29. The van der Waals surface area contributed by atoms with Crippen LogP contribution in [0.5, 0.6) is 11.6 Å². The third-order valence-electron chi connectivity index (χ3n) is 2.55. The predicted molar refractivity (Wildman–Crippen MR) is 77.1 cm³/mol. The number of hydrogen-bond donors (Lipinski definition) is 1. The maximum absolute atomic E-state index is 13.6. The summed E-state index contributed by atoms with van der Waals surface area (Å²) in [7, 11) is 1.62. The molecule has 0 fully saturated rings. The molecule has 0 aliphatic carbocycles. The molecule has 0 atom stereocenters. The second kappa shape index (κ2) is 6.00. The van der Waals surface area contributed by atoms with Crippen LogP contribution in [-0.4, -0.2) is 21.9 Å². The van der Waals surface area contributed by atoms with E-state index >= 15 is 0 Å². The van der Waals surface area contributed by atoms with E-state index in [0.717, 1.165) is 12.1 Å². The molecule has 9 heteroatoms. The number of halogens is 2. The van der Waals surface area contributed by atoms with Gasteiger partial charge in [0.25, 0.3) is 0 Å². The van der Waals surface area contributed by atoms with Crippen molar-refractivity contribution in [3.63, 3.8) is 0 Å². The standard InChI is InChI=1S/C12H10BrFN4O3/c1-6-5-16-12(15-2)17-11(6)21-10-4-8(14)7(13)3-9(10)18(19)20/h3-5H,1-2H3,(H,15,16,17). The number of nitro groups is 1. The normalized spacial score (nSPS) is 10.3. The molecule has 21 heavy (non-hydrogen) atoms. The van der Waals surface area contributed by atoms with Gasteiger partial charge in [-0.25, -0.2) is 9.37 Å². The van der Waals surface area contributed by atoms with E-state index in [1.165, 1.54) is 6.20 Å². The molecule has 0 radical (unpaired) electrons. The number of aryl methyl sites for hydroxylation is 1. The molecule has 0 saturated carbocycles. The number of nitro benzene ring substituents is 1. The number of rotatable bonds is 4. The van der Waals surface area contributed by atoms with Crippen molar-refractivity contribution >= 4 is 27.6 Å². The van der Waals surface area contributed by atoms with Crippen molar-refractivity contribution in [1.29, 1.82) is 0 Å². The Kier molecular flexibility index (Phi) is 4.32. The third-order valence-corrected chi connectivity index (χ3v) is 3.16. The van der Waals surface area contributed by atoms with E-state index in [-0.39, 0.29) is 27.7 Å². The van der Waals surface area contributed by atoms with E-state index in [2.05, 4.69) is 31.2 Å². The highest BCUT2D eigenvalue weighted by molar-refractivity contribution is 9.10. The van der Waals surface area contributed by atoms with Gasteiger partial charge in [0.2, 0.25) is 17.6 Å². The van der Waals surface area contributed by atoms with Crippen LogP contribution in [-0.2, 0) is 0 Å². The summed E-state index contributed by atoms with van der Waals surface area (Å²) in [6.45, 7) is 1.68. The quantitative estimate of drug-likeness (QED) is 0.666. The fraction of sp³-hybridized carbons (Fsp3) is 0.167. The van der Waals surface area contributed by atoms with E-state index in [0.29, 0.717) is 5.56 Å². The molecule has 0 aliphatic rings. The van der Waals surface area contributed by atoms with E-state index < -0.39 is 10.7 Å². The number of benzene rings is 1. The molecular formula is C12H10BrFN4O3. The fourth-order valence-corrected chi connectivity index (χ4v) is 1.83.